The highest BCUT2D eigenvalue weighted by molar-refractivity contribution is 4.70. The molecule has 0 aliphatic carbocycles. The monoisotopic (exact) mass is 185 g/mol. The van der Waals surface area contributed by atoms with Crippen LogP contribution in [-0.4, -0.2) is 37.7 Å². The van der Waals surface area contributed by atoms with Crippen LogP contribution in [0.25, 0.3) is 0 Å². The van der Waals surface area contributed by atoms with E-state index < -0.39 is 0 Å². The summed E-state index contributed by atoms with van der Waals surface area (Å²) >= 11 is 0. The lowest BCUT2D eigenvalue weighted by Crippen LogP contribution is -2.29. The zero-order valence-corrected chi connectivity index (χ0v) is 9.25. The molecule has 1 fully saturated rings. The van der Waals surface area contributed by atoms with E-state index in [0.29, 0.717) is 6.10 Å². The number of methoxy groups -OCH3 is 1. The second-order valence-corrected chi connectivity index (χ2v) is 4.48. The van der Waals surface area contributed by atoms with Crippen molar-refractivity contribution in [3.05, 3.63) is 0 Å². The van der Waals surface area contributed by atoms with Crippen LogP contribution in [0.2, 0.25) is 0 Å². The van der Waals surface area contributed by atoms with Crippen molar-refractivity contribution in [1.82, 2.24) is 4.90 Å². The lowest BCUT2D eigenvalue weighted by molar-refractivity contribution is 0.0893. The van der Waals surface area contributed by atoms with Crippen LogP contribution in [0.3, 0.4) is 0 Å². The van der Waals surface area contributed by atoms with Gasteiger partial charge in [-0.25, -0.2) is 0 Å². The van der Waals surface area contributed by atoms with E-state index >= 15 is 0 Å². The molecule has 0 bridgehead atoms. The predicted molar refractivity (Wildman–Crippen MR) is 55.9 cm³/mol. The fourth-order valence-electron chi connectivity index (χ4n) is 2.06. The molecule has 0 amide bonds. The van der Waals surface area contributed by atoms with Crippen LogP contribution in [0.4, 0.5) is 0 Å². The molecule has 0 spiro atoms. The van der Waals surface area contributed by atoms with Gasteiger partial charge in [-0.1, -0.05) is 13.8 Å². The van der Waals surface area contributed by atoms with E-state index in [-0.39, 0.29) is 0 Å². The summed E-state index contributed by atoms with van der Waals surface area (Å²) < 4.78 is 5.40. The van der Waals surface area contributed by atoms with Gasteiger partial charge in [-0.15, -0.1) is 0 Å². The Labute approximate surface area is 82.3 Å². The number of hydrogen-bond acceptors (Lipinski definition) is 2. The van der Waals surface area contributed by atoms with Gasteiger partial charge in [0.1, 0.15) is 0 Å². The quantitative estimate of drug-likeness (QED) is 0.668. The van der Waals surface area contributed by atoms with Gasteiger partial charge in [-0.3, -0.25) is 0 Å². The number of likely N-dealkylation sites (tertiary alicyclic amines) is 1. The van der Waals surface area contributed by atoms with Crippen LogP contribution < -0.4 is 0 Å². The van der Waals surface area contributed by atoms with Gasteiger partial charge in [0.05, 0.1) is 6.10 Å². The first-order valence-electron chi connectivity index (χ1n) is 5.47. The maximum absolute atomic E-state index is 5.40. The number of nitrogens with zero attached hydrogens (tertiary/aromatic N) is 1. The van der Waals surface area contributed by atoms with Crippen molar-refractivity contribution in [2.45, 2.75) is 39.2 Å². The fraction of sp³-hybridized carbons (Fsp3) is 1.00. The third-order valence-corrected chi connectivity index (χ3v) is 2.72. The average molecular weight is 185 g/mol. The summed E-state index contributed by atoms with van der Waals surface area (Å²) in [5, 5.41) is 0. The Morgan fingerprint density at radius 1 is 1.31 bits per heavy atom. The van der Waals surface area contributed by atoms with Crippen LogP contribution in [0.5, 0.6) is 0 Å². The van der Waals surface area contributed by atoms with Crippen LogP contribution in [0.1, 0.15) is 33.1 Å². The summed E-state index contributed by atoms with van der Waals surface area (Å²) in [6, 6.07) is 0. The summed E-state index contributed by atoms with van der Waals surface area (Å²) in [5.74, 6) is 0.791. The van der Waals surface area contributed by atoms with Gasteiger partial charge < -0.3 is 9.64 Å². The smallest absolute Gasteiger partial charge is 0.0584 e. The zero-order valence-electron chi connectivity index (χ0n) is 9.25. The maximum Gasteiger partial charge on any atom is 0.0584 e. The molecule has 0 N–H and O–H groups in total. The van der Waals surface area contributed by atoms with Crippen molar-refractivity contribution in [3.63, 3.8) is 0 Å². The van der Waals surface area contributed by atoms with Crippen molar-refractivity contribution in [1.29, 1.82) is 0 Å². The summed E-state index contributed by atoms with van der Waals surface area (Å²) in [6.45, 7) is 8.31. The minimum absolute atomic E-state index is 0.511. The van der Waals surface area contributed by atoms with Crippen molar-refractivity contribution >= 4 is 0 Å². The average Bonchev–Trinajstić information content (AvgIpc) is 2.29. The topological polar surface area (TPSA) is 12.5 Å². The lowest BCUT2D eigenvalue weighted by Gasteiger charge is -2.21. The standard InChI is InChI=1S/C11H23NO/c1-10(2)9-12-7-4-5-11(13-3)6-8-12/h10-11H,4-9H2,1-3H3/t11-/m0/s1. The van der Waals surface area contributed by atoms with E-state index in [9.17, 15) is 0 Å². The van der Waals surface area contributed by atoms with E-state index in [1.54, 1.807) is 0 Å². The second-order valence-electron chi connectivity index (χ2n) is 4.48. The molecule has 1 rings (SSSR count). The molecule has 2 heteroatoms. The molecule has 13 heavy (non-hydrogen) atoms. The second kappa shape index (κ2) is 5.61. The highest BCUT2D eigenvalue weighted by Gasteiger charge is 2.16. The SMILES string of the molecule is CO[C@H]1CCCN(CC(C)C)CC1. The third-order valence-electron chi connectivity index (χ3n) is 2.72. The van der Waals surface area contributed by atoms with Gasteiger partial charge in [0.15, 0.2) is 0 Å². The van der Waals surface area contributed by atoms with E-state index in [0.717, 1.165) is 5.92 Å². The zero-order chi connectivity index (χ0) is 9.68. The molecule has 78 valence electrons. The Balaban J connectivity index is 2.27. The molecule has 1 aliphatic rings. The molecule has 0 saturated carbocycles. The lowest BCUT2D eigenvalue weighted by atomic mass is 10.2. The fourth-order valence-corrected chi connectivity index (χ4v) is 2.06. The predicted octanol–water partition coefficient (Wildman–Crippen LogP) is 2.14. The van der Waals surface area contributed by atoms with Gasteiger partial charge >= 0.3 is 0 Å². The Morgan fingerprint density at radius 2 is 2.08 bits per heavy atom. The highest BCUT2D eigenvalue weighted by Crippen LogP contribution is 2.14. The maximum atomic E-state index is 5.40. The largest absolute Gasteiger partial charge is 0.381 e. The molecular weight excluding hydrogens is 162 g/mol. The van der Waals surface area contributed by atoms with Crippen molar-refractivity contribution in [2.75, 3.05) is 26.7 Å². The molecule has 2 nitrogen and oxygen atoms in total. The summed E-state index contributed by atoms with van der Waals surface area (Å²) in [5.41, 5.74) is 0. The Morgan fingerprint density at radius 3 is 2.69 bits per heavy atom. The van der Waals surface area contributed by atoms with Crippen LogP contribution in [0, 0.1) is 5.92 Å². The molecule has 0 aromatic heterocycles. The summed E-state index contributed by atoms with van der Waals surface area (Å²) in [4.78, 5) is 2.57. The van der Waals surface area contributed by atoms with Crippen LogP contribution in [-0.2, 0) is 4.74 Å². The molecule has 1 aliphatic heterocycles. The molecule has 0 aromatic rings. The first-order valence-corrected chi connectivity index (χ1v) is 5.47. The van der Waals surface area contributed by atoms with E-state index in [4.69, 9.17) is 4.74 Å². The number of ether oxygens (including phenoxy) is 1. The third kappa shape index (κ3) is 4.10. The minimum atomic E-state index is 0.511. The van der Waals surface area contributed by atoms with Crippen LogP contribution >= 0.6 is 0 Å². The van der Waals surface area contributed by atoms with Gasteiger partial charge in [-0.05, 0) is 31.7 Å². The first-order chi connectivity index (χ1) is 6.22. The Hall–Kier alpha value is -0.0800. The Bertz CT molecular complexity index is 136. The summed E-state index contributed by atoms with van der Waals surface area (Å²) in [6.07, 6.45) is 4.26. The van der Waals surface area contributed by atoms with E-state index in [1.165, 1.54) is 38.9 Å². The van der Waals surface area contributed by atoms with E-state index in [1.807, 2.05) is 7.11 Å². The van der Waals surface area contributed by atoms with Gasteiger partial charge in [0.2, 0.25) is 0 Å². The van der Waals surface area contributed by atoms with Crippen molar-refractivity contribution < 1.29 is 4.74 Å². The molecule has 0 radical (unpaired) electrons. The molecule has 1 saturated heterocycles. The molecule has 0 aromatic carbocycles. The van der Waals surface area contributed by atoms with Crippen LogP contribution in [0.15, 0.2) is 0 Å². The molecule has 0 unspecified atom stereocenters. The van der Waals surface area contributed by atoms with E-state index in [2.05, 4.69) is 18.7 Å². The Kier molecular flexibility index (Phi) is 4.74. The van der Waals surface area contributed by atoms with Gasteiger partial charge in [-0.2, -0.15) is 0 Å². The highest BCUT2D eigenvalue weighted by atomic mass is 16.5. The summed E-state index contributed by atoms with van der Waals surface area (Å²) in [7, 11) is 1.84. The molecular formula is C11H23NO. The normalized spacial score (nSPS) is 26.3. The van der Waals surface area contributed by atoms with Gasteiger partial charge in [0.25, 0.3) is 0 Å². The minimum Gasteiger partial charge on any atom is -0.381 e. The molecule has 1 atom stereocenters. The van der Waals surface area contributed by atoms with Crippen molar-refractivity contribution in [3.8, 4) is 0 Å². The number of hydrogen-bond donors (Lipinski definition) is 0. The van der Waals surface area contributed by atoms with Gasteiger partial charge in [0, 0.05) is 20.2 Å². The number of rotatable bonds is 3. The molecule has 1 heterocycles. The van der Waals surface area contributed by atoms with Crippen molar-refractivity contribution in [2.24, 2.45) is 5.92 Å². The first kappa shape index (κ1) is 11.0.